The number of hydrogen-bond donors (Lipinski definition) is 2. The quantitative estimate of drug-likeness (QED) is 0.790. The largest absolute Gasteiger partial charge is 0.389 e. The second-order valence-electron chi connectivity index (χ2n) is 4.69. The maximum Gasteiger partial charge on any atom is 0.136 e. The lowest BCUT2D eigenvalue weighted by atomic mass is 10.2. The first-order chi connectivity index (χ1) is 8.66. The normalized spacial score (nSPS) is 15.8. The van der Waals surface area contributed by atoms with Crippen LogP contribution >= 0.6 is 12.2 Å². The lowest BCUT2D eigenvalue weighted by Gasteiger charge is -2.16. The number of nitrogens with zero attached hydrogens (tertiary/aromatic N) is 2. The van der Waals surface area contributed by atoms with Crippen LogP contribution < -0.4 is 11.1 Å². The summed E-state index contributed by atoms with van der Waals surface area (Å²) in [5, 5.41) is 3.34. The number of likely N-dealkylation sites (tertiary alicyclic amines) is 1. The van der Waals surface area contributed by atoms with Gasteiger partial charge in [-0.3, -0.25) is 0 Å². The van der Waals surface area contributed by atoms with Crippen molar-refractivity contribution >= 4 is 23.0 Å². The Kier molecular flexibility index (Phi) is 4.49. The molecule has 0 amide bonds. The molecule has 0 spiro atoms. The van der Waals surface area contributed by atoms with Gasteiger partial charge in [0.15, 0.2) is 0 Å². The third-order valence-corrected chi connectivity index (χ3v) is 3.44. The summed E-state index contributed by atoms with van der Waals surface area (Å²) in [5.41, 5.74) is 7.50. The third kappa shape index (κ3) is 3.40. The van der Waals surface area contributed by atoms with Gasteiger partial charge in [-0.15, -0.1) is 0 Å². The van der Waals surface area contributed by atoms with Gasteiger partial charge in [0.25, 0.3) is 0 Å². The van der Waals surface area contributed by atoms with Gasteiger partial charge in [0.2, 0.25) is 0 Å². The molecule has 0 radical (unpaired) electrons. The summed E-state index contributed by atoms with van der Waals surface area (Å²) in [5.74, 6) is 0.807. The summed E-state index contributed by atoms with van der Waals surface area (Å²) in [6.07, 6.45) is 2.64. The van der Waals surface area contributed by atoms with Crippen molar-refractivity contribution in [2.24, 2.45) is 5.73 Å². The Hall–Kier alpha value is -1.20. The SMILES string of the molecule is Cc1ccc(C(N)=S)c(NCCN2CCCC2)n1. The topological polar surface area (TPSA) is 54.2 Å². The standard InChI is InChI=1S/C13H20N4S/c1-10-4-5-11(12(14)18)13(16-10)15-6-9-17-7-2-3-8-17/h4-5H,2-3,6-9H2,1H3,(H2,14,18)(H,15,16). The van der Waals surface area contributed by atoms with Crippen molar-refractivity contribution in [3.8, 4) is 0 Å². The van der Waals surface area contributed by atoms with Crippen molar-refractivity contribution in [1.82, 2.24) is 9.88 Å². The van der Waals surface area contributed by atoms with Crippen LogP contribution in [0.1, 0.15) is 24.1 Å². The number of anilines is 1. The van der Waals surface area contributed by atoms with Gasteiger partial charge in [0, 0.05) is 18.8 Å². The van der Waals surface area contributed by atoms with Crippen molar-refractivity contribution in [3.05, 3.63) is 23.4 Å². The number of hydrogen-bond acceptors (Lipinski definition) is 4. The van der Waals surface area contributed by atoms with Gasteiger partial charge in [-0.05, 0) is 45.0 Å². The maximum atomic E-state index is 5.70. The van der Waals surface area contributed by atoms with Gasteiger partial charge in [-0.25, -0.2) is 4.98 Å². The lowest BCUT2D eigenvalue weighted by Crippen LogP contribution is -2.27. The third-order valence-electron chi connectivity index (χ3n) is 3.22. The van der Waals surface area contributed by atoms with E-state index in [1.54, 1.807) is 0 Å². The Bertz CT molecular complexity index is 427. The molecule has 3 N–H and O–H groups in total. The number of nitrogens with two attached hydrogens (primary N) is 1. The lowest BCUT2D eigenvalue weighted by molar-refractivity contribution is 0.352. The van der Waals surface area contributed by atoms with Gasteiger partial charge < -0.3 is 16.0 Å². The number of pyridine rings is 1. The molecule has 4 nitrogen and oxygen atoms in total. The molecular weight excluding hydrogens is 244 g/mol. The highest BCUT2D eigenvalue weighted by Crippen LogP contribution is 2.13. The van der Waals surface area contributed by atoms with Crippen LogP contribution in [0.3, 0.4) is 0 Å². The fraction of sp³-hybridized carbons (Fsp3) is 0.538. The Morgan fingerprint density at radius 1 is 1.44 bits per heavy atom. The zero-order valence-corrected chi connectivity index (χ0v) is 11.6. The molecule has 18 heavy (non-hydrogen) atoms. The van der Waals surface area contributed by atoms with E-state index < -0.39 is 0 Å². The molecule has 5 heteroatoms. The first-order valence-corrected chi connectivity index (χ1v) is 6.81. The summed E-state index contributed by atoms with van der Waals surface area (Å²) in [6.45, 7) is 6.32. The monoisotopic (exact) mass is 264 g/mol. The molecule has 0 saturated carbocycles. The molecule has 0 aliphatic carbocycles. The van der Waals surface area contributed by atoms with Crippen LogP contribution in [0.25, 0.3) is 0 Å². The molecule has 0 unspecified atom stereocenters. The minimum atomic E-state index is 0.395. The van der Waals surface area contributed by atoms with E-state index in [2.05, 4.69) is 15.2 Å². The average Bonchev–Trinajstić information content (AvgIpc) is 2.82. The molecule has 1 aliphatic heterocycles. The molecule has 98 valence electrons. The molecule has 1 aromatic heterocycles. The minimum Gasteiger partial charge on any atom is -0.389 e. The Morgan fingerprint density at radius 2 is 2.17 bits per heavy atom. The van der Waals surface area contributed by atoms with Crippen LogP contribution in [0.5, 0.6) is 0 Å². The molecule has 1 aliphatic rings. The van der Waals surface area contributed by atoms with E-state index in [9.17, 15) is 0 Å². The molecular formula is C13H20N4S. The van der Waals surface area contributed by atoms with E-state index in [0.29, 0.717) is 4.99 Å². The van der Waals surface area contributed by atoms with E-state index in [1.807, 2.05) is 19.1 Å². The summed E-state index contributed by atoms with van der Waals surface area (Å²) in [4.78, 5) is 7.32. The van der Waals surface area contributed by atoms with E-state index >= 15 is 0 Å². The van der Waals surface area contributed by atoms with Crippen molar-refractivity contribution < 1.29 is 0 Å². The number of rotatable bonds is 5. The predicted octanol–water partition coefficient (Wildman–Crippen LogP) is 1.53. The van der Waals surface area contributed by atoms with Crippen molar-refractivity contribution in [2.75, 3.05) is 31.5 Å². The molecule has 1 aromatic rings. The van der Waals surface area contributed by atoms with Crippen LogP contribution in [0.4, 0.5) is 5.82 Å². The molecule has 1 saturated heterocycles. The van der Waals surface area contributed by atoms with Gasteiger partial charge in [0.05, 0.1) is 5.56 Å². The average molecular weight is 264 g/mol. The van der Waals surface area contributed by atoms with Crippen LogP contribution in [-0.4, -0.2) is 41.1 Å². The number of aryl methyl sites for hydroxylation is 1. The van der Waals surface area contributed by atoms with Crippen LogP contribution in [0.15, 0.2) is 12.1 Å². The van der Waals surface area contributed by atoms with Crippen LogP contribution in [0.2, 0.25) is 0 Å². The second-order valence-corrected chi connectivity index (χ2v) is 5.13. The summed E-state index contributed by atoms with van der Waals surface area (Å²) >= 11 is 5.04. The summed E-state index contributed by atoms with van der Waals surface area (Å²) in [6, 6.07) is 3.86. The zero-order chi connectivity index (χ0) is 13.0. The zero-order valence-electron chi connectivity index (χ0n) is 10.8. The molecule has 0 bridgehead atoms. The summed E-state index contributed by atoms with van der Waals surface area (Å²) < 4.78 is 0. The van der Waals surface area contributed by atoms with Gasteiger partial charge in [0.1, 0.15) is 10.8 Å². The second kappa shape index (κ2) is 6.11. The smallest absolute Gasteiger partial charge is 0.136 e. The molecule has 1 fully saturated rings. The maximum absolute atomic E-state index is 5.70. The minimum absolute atomic E-state index is 0.395. The van der Waals surface area contributed by atoms with E-state index in [-0.39, 0.29) is 0 Å². The molecule has 0 atom stereocenters. The number of aromatic nitrogens is 1. The Morgan fingerprint density at radius 3 is 2.83 bits per heavy atom. The number of thiocarbonyl (C=S) groups is 1. The van der Waals surface area contributed by atoms with E-state index in [4.69, 9.17) is 18.0 Å². The first kappa shape index (κ1) is 13.2. The van der Waals surface area contributed by atoms with Gasteiger partial charge in [-0.2, -0.15) is 0 Å². The predicted molar refractivity (Wildman–Crippen MR) is 79.0 cm³/mol. The van der Waals surface area contributed by atoms with E-state index in [1.165, 1.54) is 25.9 Å². The molecule has 2 heterocycles. The van der Waals surface area contributed by atoms with Crippen LogP contribution in [0, 0.1) is 6.92 Å². The van der Waals surface area contributed by atoms with Gasteiger partial charge in [-0.1, -0.05) is 12.2 Å². The highest BCUT2D eigenvalue weighted by atomic mass is 32.1. The highest BCUT2D eigenvalue weighted by Gasteiger charge is 2.11. The highest BCUT2D eigenvalue weighted by molar-refractivity contribution is 7.80. The fourth-order valence-corrected chi connectivity index (χ4v) is 2.39. The first-order valence-electron chi connectivity index (χ1n) is 6.40. The number of nitrogens with one attached hydrogen (secondary N) is 1. The van der Waals surface area contributed by atoms with Crippen LogP contribution in [-0.2, 0) is 0 Å². The van der Waals surface area contributed by atoms with Gasteiger partial charge >= 0.3 is 0 Å². The van der Waals surface area contributed by atoms with Crippen molar-refractivity contribution in [3.63, 3.8) is 0 Å². The van der Waals surface area contributed by atoms with Crippen molar-refractivity contribution in [2.45, 2.75) is 19.8 Å². The fourth-order valence-electron chi connectivity index (χ4n) is 2.23. The Labute approximate surface area is 114 Å². The van der Waals surface area contributed by atoms with Crippen molar-refractivity contribution in [1.29, 1.82) is 0 Å². The summed E-state index contributed by atoms with van der Waals surface area (Å²) in [7, 11) is 0. The Balaban J connectivity index is 1.94. The molecule has 2 rings (SSSR count). The molecule has 0 aromatic carbocycles. The van der Waals surface area contributed by atoms with E-state index in [0.717, 1.165) is 30.2 Å².